The van der Waals surface area contributed by atoms with E-state index in [2.05, 4.69) is 41.5 Å². The molecule has 2 fully saturated rings. The summed E-state index contributed by atoms with van der Waals surface area (Å²) in [6.07, 6.45) is 11.9. The molecule has 1 atom stereocenters. The lowest BCUT2D eigenvalue weighted by Gasteiger charge is -2.40. The number of piperidine rings is 1. The number of nitrogens with zero attached hydrogens (tertiary/aromatic N) is 5. The van der Waals surface area contributed by atoms with Gasteiger partial charge in [0.25, 0.3) is 5.91 Å². The van der Waals surface area contributed by atoms with Gasteiger partial charge in [0.05, 0.1) is 6.20 Å². The molecule has 0 spiro atoms. The van der Waals surface area contributed by atoms with E-state index in [4.69, 9.17) is 0 Å². The van der Waals surface area contributed by atoms with Crippen LogP contribution < -0.4 is 15.5 Å². The molecule has 9 heteroatoms. The fourth-order valence-electron chi connectivity index (χ4n) is 5.02. The summed E-state index contributed by atoms with van der Waals surface area (Å²) in [6, 6.07) is 12.7. The zero-order valence-electron chi connectivity index (χ0n) is 20.2. The average Bonchev–Trinajstić information content (AvgIpc) is 3.34. The van der Waals surface area contributed by atoms with Crippen LogP contribution in [0.5, 0.6) is 0 Å². The summed E-state index contributed by atoms with van der Waals surface area (Å²) < 4.78 is 0. The van der Waals surface area contributed by atoms with Gasteiger partial charge in [0, 0.05) is 80.8 Å². The highest BCUT2D eigenvalue weighted by Gasteiger charge is 2.29. The number of nitrogens with one attached hydrogen (secondary N) is 2. The Morgan fingerprint density at radius 2 is 1.83 bits per heavy atom. The molecule has 2 aliphatic heterocycles. The first kappa shape index (κ1) is 23.9. The molecule has 2 aromatic heterocycles. The lowest BCUT2D eigenvalue weighted by Crippen LogP contribution is -2.48. The molecular formula is C27H31N7O2. The number of amides is 2. The topological polar surface area (TPSA) is 103 Å². The third-order valence-electron chi connectivity index (χ3n) is 6.92. The van der Waals surface area contributed by atoms with Crippen LogP contribution in [0.4, 0.5) is 11.4 Å². The van der Waals surface area contributed by atoms with Crippen molar-refractivity contribution in [2.75, 3.05) is 29.9 Å². The first-order chi connectivity index (χ1) is 17.6. The van der Waals surface area contributed by atoms with Gasteiger partial charge in [-0.15, -0.1) is 0 Å². The van der Waals surface area contributed by atoms with Gasteiger partial charge in [-0.3, -0.25) is 24.5 Å². The normalized spacial score (nSPS) is 18.3. The van der Waals surface area contributed by atoms with Crippen LogP contribution >= 0.6 is 0 Å². The maximum atomic E-state index is 12.3. The number of hydrogen-bond donors (Lipinski definition) is 2. The standard InChI is InChI=1S/C27H31N7O2/c35-26-8-5-22(31-26)19-34(18-20-2-1-11-28-16-20)24-9-14-33(15-10-24)23-6-3-21(4-7-23)32-27(36)25-17-29-12-13-30-25/h1-4,6-7,11-13,16-17,22,24H,5,8-10,14-15,18-19H2,(H,31,35)(H,32,36)/t22-/m0/s1. The molecule has 0 unspecified atom stereocenters. The molecule has 0 radical (unpaired) electrons. The van der Waals surface area contributed by atoms with E-state index in [9.17, 15) is 9.59 Å². The number of hydrogen-bond acceptors (Lipinski definition) is 7. The van der Waals surface area contributed by atoms with Crippen LogP contribution in [0.1, 0.15) is 41.7 Å². The van der Waals surface area contributed by atoms with Crippen molar-refractivity contribution in [2.45, 2.75) is 44.3 Å². The van der Waals surface area contributed by atoms with E-state index in [1.165, 1.54) is 18.0 Å². The number of rotatable bonds is 8. The van der Waals surface area contributed by atoms with Gasteiger partial charge in [0.15, 0.2) is 0 Å². The number of carbonyl (C=O) groups excluding carboxylic acids is 2. The lowest BCUT2D eigenvalue weighted by atomic mass is 10.0. The smallest absolute Gasteiger partial charge is 0.275 e. The van der Waals surface area contributed by atoms with Crippen LogP contribution in [0.2, 0.25) is 0 Å². The number of carbonyl (C=O) groups is 2. The number of pyridine rings is 1. The van der Waals surface area contributed by atoms with Crippen molar-refractivity contribution in [2.24, 2.45) is 0 Å². The predicted octanol–water partition coefficient (Wildman–Crippen LogP) is 2.87. The second-order valence-corrected chi connectivity index (χ2v) is 9.40. The minimum absolute atomic E-state index is 0.160. The van der Waals surface area contributed by atoms with E-state index in [0.29, 0.717) is 12.5 Å². The predicted molar refractivity (Wildman–Crippen MR) is 137 cm³/mol. The van der Waals surface area contributed by atoms with Gasteiger partial charge < -0.3 is 15.5 Å². The molecule has 0 saturated carbocycles. The molecule has 4 heterocycles. The summed E-state index contributed by atoms with van der Waals surface area (Å²) in [5, 5.41) is 6.00. The molecule has 2 aliphatic rings. The zero-order valence-corrected chi connectivity index (χ0v) is 20.2. The van der Waals surface area contributed by atoms with Gasteiger partial charge in [-0.25, -0.2) is 4.98 Å². The SMILES string of the molecule is O=C1CC[C@@H](CN(Cc2cccnc2)C2CCN(c3ccc(NC(=O)c4cnccn4)cc3)CC2)N1. The third-order valence-corrected chi connectivity index (χ3v) is 6.92. The van der Waals surface area contributed by atoms with Crippen LogP contribution in [-0.4, -0.2) is 63.4 Å². The average molecular weight is 486 g/mol. The Morgan fingerprint density at radius 3 is 2.50 bits per heavy atom. The van der Waals surface area contributed by atoms with Gasteiger partial charge >= 0.3 is 0 Å². The summed E-state index contributed by atoms with van der Waals surface area (Å²) >= 11 is 0. The van der Waals surface area contributed by atoms with E-state index in [1.54, 1.807) is 12.4 Å². The maximum Gasteiger partial charge on any atom is 0.275 e. The maximum absolute atomic E-state index is 12.3. The molecule has 2 saturated heterocycles. The van der Waals surface area contributed by atoms with Crippen LogP contribution in [0, 0.1) is 0 Å². The largest absolute Gasteiger partial charge is 0.371 e. The highest BCUT2D eigenvalue weighted by atomic mass is 16.2. The van der Waals surface area contributed by atoms with Crippen LogP contribution in [-0.2, 0) is 11.3 Å². The molecule has 186 valence electrons. The number of aromatic nitrogens is 3. The summed E-state index contributed by atoms with van der Waals surface area (Å²) in [5.41, 5.74) is 3.36. The number of anilines is 2. The molecule has 5 rings (SSSR count). The molecule has 2 N–H and O–H groups in total. The van der Waals surface area contributed by atoms with E-state index in [0.717, 1.165) is 56.8 Å². The molecule has 3 aromatic rings. The number of benzene rings is 1. The van der Waals surface area contributed by atoms with Crippen LogP contribution in [0.3, 0.4) is 0 Å². The molecule has 36 heavy (non-hydrogen) atoms. The van der Waals surface area contributed by atoms with Crippen molar-refractivity contribution in [1.82, 2.24) is 25.2 Å². The van der Waals surface area contributed by atoms with E-state index < -0.39 is 0 Å². The molecule has 1 aromatic carbocycles. The minimum atomic E-state index is -0.274. The Balaban J connectivity index is 1.18. The third kappa shape index (κ3) is 6.04. The molecule has 0 bridgehead atoms. The monoisotopic (exact) mass is 485 g/mol. The van der Waals surface area contributed by atoms with Crippen molar-refractivity contribution >= 4 is 23.2 Å². The van der Waals surface area contributed by atoms with E-state index in [-0.39, 0.29) is 23.6 Å². The van der Waals surface area contributed by atoms with Crippen molar-refractivity contribution in [1.29, 1.82) is 0 Å². The fraction of sp³-hybridized carbons (Fsp3) is 0.370. The quantitative estimate of drug-likeness (QED) is 0.506. The van der Waals surface area contributed by atoms with Crippen molar-refractivity contribution in [3.8, 4) is 0 Å². The van der Waals surface area contributed by atoms with Gasteiger partial charge in [-0.1, -0.05) is 6.07 Å². The Labute approximate surface area is 211 Å². The second kappa shape index (κ2) is 11.3. The second-order valence-electron chi connectivity index (χ2n) is 9.40. The highest BCUT2D eigenvalue weighted by molar-refractivity contribution is 6.02. The Kier molecular flexibility index (Phi) is 7.47. The van der Waals surface area contributed by atoms with Crippen LogP contribution in [0.15, 0.2) is 67.4 Å². The minimum Gasteiger partial charge on any atom is -0.371 e. The fourth-order valence-corrected chi connectivity index (χ4v) is 5.02. The highest BCUT2D eigenvalue weighted by Crippen LogP contribution is 2.26. The van der Waals surface area contributed by atoms with Gasteiger partial charge in [-0.2, -0.15) is 0 Å². The van der Waals surface area contributed by atoms with E-state index in [1.807, 2.05) is 36.5 Å². The summed E-state index contributed by atoms with van der Waals surface area (Å²) in [4.78, 5) is 41.2. The van der Waals surface area contributed by atoms with Gasteiger partial charge in [0.2, 0.25) is 5.91 Å². The van der Waals surface area contributed by atoms with Gasteiger partial charge in [0.1, 0.15) is 5.69 Å². The Hall–Kier alpha value is -3.85. The summed E-state index contributed by atoms with van der Waals surface area (Å²) in [5.74, 6) is -0.115. The first-order valence-corrected chi connectivity index (χ1v) is 12.5. The van der Waals surface area contributed by atoms with Gasteiger partial charge in [-0.05, 0) is 55.2 Å². The van der Waals surface area contributed by atoms with Crippen LogP contribution in [0.25, 0.3) is 0 Å². The Morgan fingerprint density at radius 1 is 1.03 bits per heavy atom. The van der Waals surface area contributed by atoms with E-state index >= 15 is 0 Å². The summed E-state index contributed by atoms with van der Waals surface area (Å²) in [7, 11) is 0. The lowest BCUT2D eigenvalue weighted by molar-refractivity contribution is -0.119. The molecule has 9 nitrogen and oxygen atoms in total. The van der Waals surface area contributed by atoms with Crippen molar-refractivity contribution in [3.63, 3.8) is 0 Å². The molecule has 2 amide bonds. The summed E-state index contributed by atoms with van der Waals surface area (Å²) in [6.45, 7) is 3.61. The van der Waals surface area contributed by atoms with Crippen molar-refractivity contribution in [3.05, 3.63) is 78.6 Å². The Bertz CT molecular complexity index is 1150. The first-order valence-electron chi connectivity index (χ1n) is 12.5. The molecular weight excluding hydrogens is 454 g/mol. The molecule has 0 aliphatic carbocycles. The van der Waals surface area contributed by atoms with Crippen molar-refractivity contribution < 1.29 is 9.59 Å². The zero-order chi connectivity index (χ0) is 24.7.